The highest BCUT2D eigenvalue weighted by atomic mass is 32.2. The first-order chi connectivity index (χ1) is 15.8. The Bertz CT molecular complexity index is 1050. The van der Waals surface area contributed by atoms with Crippen molar-refractivity contribution in [2.75, 3.05) is 31.6 Å². The topological polar surface area (TPSA) is 113 Å². The number of hydrogen-bond acceptors (Lipinski definition) is 6. The molecule has 0 bridgehead atoms. The van der Waals surface area contributed by atoms with Gasteiger partial charge < -0.3 is 10.1 Å². The Morgan fingerprint density at radius 1 is 1.09 bits per heavy atom. The second-order valence-electron chi connectivity index (χ2n) is 8.49. The summed E-state index contributed by atoms with van der Waals surface area (Å²) in [5.74, 6) is -1.25. The molecule has 2 fully saturated rings. The summed E-state index contributed by atoms with van der Waals surface area (Å²) in [6.07, 6.45) is 6.50. The Morgan fingerprint density at radius 3 is 2.33 bits per heavy atom. The van der Waals surface area contributed by atoms with Crippen LogP contribution in [0.3, 0.4) is 0 Å². The Balaban J connectivity index is 1.44. The minimum absolute atomic E-state index is 0.00641. The Morgan fingerprint density at radius 2 is 1.73 bits per heavy atom. The van der Waals surface area contributed by atoms with Gasteiger partial charge in [-0.1, -0.05) is 12.2 Å². The molecule has 1 aromatic rings. The van der Waals surface area contributed by atoms with Crippen LogP contribution >= 0.6 is 0 Å². The number of likely N-dealkylation sites (tertiary alicyclic amines) is 1. The van der Waals surface area contributed by atoms with Gasteiger partial charge in [0.1, 0.15) is 10.6 Å². The fourth-order valence-corrected chi connectivity index (χ4v) is 6.33. The molecule has 0 radical (unpaired) electrons. The van der Waals surface area contributed by atoms with Crippen LogP contribution in [0.4, 0.5) is 5.69 Å². The number of hydrogen-bond donors (Lipinski definition) is 1. The van der Waals surface area contributed by atoms with E-state index in [2.05, 4.69) is 5.32 Å². The van der Waals surface area contributed by atoms with Crippen LogP contribution in [0, 0.1) is 11.8 Å². The van der Waals surface area contributed by atoms with Crippen LogP contribution in [0.2, 0.25) is 0 Å². The van der Waals surface area contributed by atoms with E-state index in [1.807, 2.05) is 12.2 Å². The molecule has 4 rings (SSSR count). The van der Waals surface area contributed by atoms with Gasteiger partial charge in [-0.3, -0.25) is 19.3 Å². The van der Waals surface area contributed by atoms with Crippen LogP contribution in [0.5, 0.6) is 5.75 Å². The highest BCUT2D eigenvalue weighted by molar-refractivity contribution is 7.89. The van der Waals surface area contributed by atoms with E-state index in [0.717, 1.165) is 12.8 Å². The number of fused-ring (bicyclic) bond motifs is 1. The van der Waals surface area contributed by atoms with Crippen molar-refractivity contribution in [3.8, 4) is 5.75 Å². The summed E-state index contributed by atoms with van der Waals surface area (Å²) in [5.41, 5.74) is 0.318. The lowest BCUT2D eigenvalue weighted by Crippen LogP contribution is -2.34. The number of anilines is 1. The van der Waals surface area contributed by atoms with E-state index in [0.29, 0.717) is 38.2 Å². The van der Waals surface area contributed by atoms with Gasteiger partial charge >= 0.3 is 0 Å². The van der Waals surface area contributed by atoms with Gasteiger partial charge in [0.05, 0.1) is 18.4 Å². The Labute approximate surface area is 193 Å². The van der Waals surface area contributed by atoms with Gasteiger partial charge in [-0.2, -0.15) is 4.31 Å². The Kier molecular flexibility index (Phi) is 6.85. The third-order valence-electron chi connectivity index (χ3n) is 6.37. The molecule has 1 aliphatic carbocycles. The van der Waals surface area contributed by atoms with Gasteiger partial charge in [0.15, 0.2) is 0 Å². The highest BCUT2D eigenvalue weighted by Gasteiger charge is 2.46. The van der Waals surface area contributed by atoms with Gasteiger partial charge in [-0.25, -0.2) is 8.42 Å². The van der Waals surface area contributed by atoms with E-state index >= 15 is 0 Å². The van der Waals surface area contributed by atoms with Crippen molar-refractivity contribution in [1.82, 2.24) is 9.21 Å². The van der Waals surface area contributed by atoms with E-state index in [4.69, 9.17) is 4.74 Å². The monoisotopic (exact) mass is 475 g/mol. The number of amides is 3. The standard InChI is InChI=1S/C23H29N3O6S/c1-2-32-19-10-9-16(15-20(19)33(30,31)25-12-5-6-13-25)24-21(27)11-14-26-22(28)17-7-3-4-8-18(17)23(26)29/h3-4,9-10,15,17-18H,2,5-8,11-14H2,1H3,(H,24,27)/t17-,18+. The predicted molar refractivity (Wildman–Crippen MR) is 121 cm³/mol. The molecular weight excluding hydrogens is 446 g/mol. The Hall–Kier alpha value is -2.72. The number of carbonyl (C=O) groups excluding carboxylic acids is 3. The molecule has 2 heterocycles. The molecule has 1 aromatic carbocycles. The number of allylic oxidation sites excluding steroid dienone is 2. The van der Waals surface area contributed by atoms with E-state index in [-0.39, 0.29) is 47.3 Å². The first kappa shape index (κ1) is 23.4. The fourth-order valence-electron chi connectivity index (χ4n) is 4.66. The molecule has 2 aliphatic heterocycles. The average Bonchev–Trinajstić information content (AvgIpc) is 3.43. The smallest absolute Gasteiger partial charge is 0.246 e. The zero-order valence-electron chi connectivity index (χ0n) is 18.7. The maximum absolute atomic E-state index is 13.1. The molecule has 0 aromatic heterocycles. The van der Waals surface area contributed by atoms with Crippen molar-refractivity contribution < 1.29 is 27.5 Å². The normalized spacial score (nSPS) is 23.1. The summed E-state index contributed by atoms with van der Waals surface area (Å²) in [6, 6.07) is 4.52. The van der Waals surface area contributed by atoms with Gasteiger partial charge in [-0.15, -0.1) is 0 Å². The molecule has 3 amide bonds. The van der Waals surface area contributed by atoms with Crippen LogP contribution in [-0.2, 0) is 24.4 Å². The molecule has 2 saturated heterocycles. The van der Waals surface area contributed by atoms with Crippen molar-refractivity contribution >= 4 is 33.4 Å². The summed E-state index contributed by atoms with van der Waals surface area (Å²) in [5, 5.41) is 2.69. The predicted octanol–water partition coefficient (Wildman–Crippen LogP) is 2.15. The minimum atomic E-state index is -3.75. The number of ether oxygens (including phenoxy) is 1. The largest absolute Gasteiger partial charge is 0.492 e. The molecule has 2 atom stereocenters. The first-order valence-corrected chi connectivity index (χ1v) is 12.8. The molecule has 1 N–H and O–H groups in total. The molecule has 0 saturated carbocycles. The number of benzene rings is 1. The third-order valence-corrected chi connectivity index (χ3v) is 8.29. The second kappa shape index (κ2) is 9.64. The van der Waals surface area contributed by atoms with Gasteiger partial charge in [0.2, 0.25) is 27.7 Å². The third kappa shape index (κ3) is 4.67. The fraction of sp³-hybridized carbons (Fsp3) is 0.522. The summed E-state index contributed by atoms with van der Waals surface area (Å²) in [4.78, 5) is 38.9. The van der Waals surface area contributed by atoms with E-state index in [1.54, 1.807) is 13.0 Å². The molecule has 33 heavy (non-hydrogen) atoms. The minimum Gasteiger partial charge on any atom is -0.492 e. The summed E-state index contributed by atoms with van der Waals surface area (Å²) >= 11 is 0. The molecular formula is C23H29N3O6S. The lowest BCUT2D eigenvalue weighted by molar-refractivity contribution is -0.140. The highest BCUT2D eigenvalue weighted by Crippen LogP contribution is 2.35. The van der Waals surface area contributed by atoms with Crippen molar-refractivity contribution in [2.45, 2.75) is 43.9 Å². The van der Waals surface area contributed by atoms with Crippen LogP contribution in [0.15, 0.2) is 35.2 Å². The molecule has 9 nitrogen and oxygen atoms in total. The zero-order valence-corrected chi connectivity index (χ0v) is 19.5. The van der Waals surface area contributed by atoms with Gasteiger partial charge in [0, 0.05) is 31.7 Å². The van der Waals surface area contributed by atoms with Gasteiger partial charge in [0.25, 0.3) is 0 Å². The lowest BCUT2D eigenvalue weighted by atomic mass is 9.85. The summed E-state index contributed by atoms with van der Waals surface area (Å²) in [6.45, 7) is 3.00. The number of carbonyl (C=O) groups is 3. The number of rotatable bonds is 8. The molecule has 0 unspecified atom stereocenters. The number of nitrogens with one attached hydrogen (secondary N) is 1. The van der Waals surface area contributed by atoms with Crippen LogP contribution in [0.25, 0.3) is 0 Å². The SMILES string of the molecule is CCOc1ccc(NC(=O)CCN2C(=O)[C@H]3CC=CC[C@H]3C2=O)cc1S(=O)(=O)N1CCCC1. The van der Waals surface area contributed by atoms with Crippen LogP contribution < -0.4 is 10.1 Å². The van der Waals surface area contributed by atoms with Crippen LogP contribution in [0.1, 0.15) is 39.0 Å². The van der Waals surface area contributed by atoms with Crippen molar-refractivity contribution in [1.29, 1.82) is 0 Å². The molecule has 3 aliphatic rings. The van der Waals surface area contributed by atoms with Crippen LogP contribution in [-0.4, -0.2) is 61.6 Å². The second-order valence-corrected chi connectivity index (χ2v) is 10.4. The zero-order chi connectivity index (χ0) is 23.6. The maximum atomic E-state index is 13.1. The summed E-state index contributed by atoms with van der Waals surface area (Å²) < 4.78 is 33.2. The molecule has 10 heteroatoms. The lowest BCUT2D eigenvalue weighted by Gasteiger charge is -2.19. The van der Waals surface area contributed by atoms with Crippen molar-refractivity contribution in [2.24, 2.45) is 11.8 Å². The molecule has 0 spiro atoms. The average molecular weight is 476 g/mol. The number of sulfonamides is 1. The van der Waals surface area contributed by atoms with Crippen molar-refractivity contribution in [3.05, 3.63) is 30.4 Å². The quantitative estimate of drug-likeness (QED) is 0.455. The van der Waals surface area contributed by atoms with E-state index in [9.17, 15) is 22.8 Å². The van der Waals surface area contributed by atoms with Gasteiger partial charge in [-0.05, 0) is 50.8 Å². The summed E-state index contributed by atoms with van der Waals surface area (Å²) in [7, 11) is -3.75. The van der Waals surface area contributed by atoms with Crippen molar-refractivity contribution in [3.63, 3.8) is 0 Å². The number of imide groups is 1. The van der Waals surface area contributed by atoms with E-state index < -0.39 is 15.9 Å². The maximum Gasteiger partial charge on any atom is 0.246 e. The number of nitrogens with zero attached hydrogens (tertiary/aromatic N) is 2. The van der Waals surface area contributed by atoms with E-state index in [1.165, 1.54) is 21.3 Å². The first-order valence-electron chi connectivity index (χ1n) is 11.4. The molecule has 178 valence electrons.